The quantitative estimate of drug-likeness (QED) is 0.164. The lowest BCUT2D eigenvalue weighted by molar-refractivity contribution is -0.108. The van der Waals surface area contributed by atoms with Gasteiger partial charge in [0, 0.05) is 31.8 Å². The summed E-state index contributed by atoms with van der Waals surface area (Å²) in [5.74, 6) is 1.50. The highest BCUT2D eigenvalue weighted by atomic mass is 16.7. The molecule has 224 valence electrons. The summed E-state index contributed by atoms with van der Waals surface area (Å²) in [5, 5.41) is 24.6. The van der Waals surface area contributed by atoms with Crippen molar-refractivity contribution >= 4 is 11.2 Å². The summed E-state index contributed by atoms with van der Waals surface area (Å²) in [7, 11) is 3.22. The molecule has 0 radical (unpaired) electrons. The number of aliphatic hydroxyl groups excluding tert-OH is 1. The van der Waals surface area contributed by atoms with Gasteiger partial charge in [0.2, 0.25) is 12.1 Å². The molecule has 10 nitrogen and oxygen atoms in total. The molecule has 0 aliphatic carbocycles. The number of nitrogens with one attached hydrogen (secondary N) is 1. The molecule has 6 aromatic rings. The van der Waals surface area contributed by atoms with Crippen molar-refractivity contribution in [3.8, 4) is 33.6 Å². The van der Waals surface area contributed by atoms with E-state index in [0.29, 0.717) is 18.1 Å². The number of unbranched alkanes of at least 4 members (excludes halogenated alkanes) is 1. The minimum atomic E-state index is -0.677. The third-order valence-electron chi connectivity index (χ3n) is 7.78. The number of imidazole rings is 1. The second-order valence-electron chi connectivity index (χ2n) is 10.6. The maximum absolute atomic E-state index is 9.55. The van der Waals surface area contributed by atoms with Gasteiger partial charge in [-0.05, 0) is 51.6 Å². The molecule has 0 atom stereocenters. The maximum Gasteiger partial charge on any atom is 0.205 e. The van der Waals surface area contributed by atoms with Gasteiger partial charge in [-0.2, -0.15) is 5.21 Å². The number of aryl methyl sites for hydroxylation is 1. The van der Waals surface area contributed by atoms with Crippen LogP contribution in [0.5, 0.6) is 0 Å². The first-order valence-electron chi connectivity index (χ1n) is 14.7. The summed E-state index contributed by atoms with van der Waals surface area (Å²) in [5.41, 5.74) is 8.92. The van der Waals surface area contributed by atoms with E-state index in [1.54, 1.807) is 14.2 Å². The molecule has 0 aliphatic heterocycles. The van der Waals surface area contributed by atoms with E-state index in [9.17, 15) is 5.11 Å². The number of benzene rings is 3. The predicted molar refractivity (Wildman–Crippen MR) is 168 cm³/mol. The zero-order chi connectivity index (χ0) is 30.5. The number of aliphatic hydroxyl groups is 1. The topological polar surface area (TPSA) is 124 Å². The van der Waals surface area contributed by atoms with Gasteiger partial charge in [-0.1, -0.05) is 80.1 Å². The molecule has 3 heterocycles. The van der Waals surface area contributed by atoms with Crippen molar-refractivity contribution in [2.75, 3.05) is 14.2 Å². The number of ether oxygens (including phenoxy) is 2. The average Bonchev–Trinajstić information content (AvgIpc) is 3.73. The van der Waals surface area contributed by atoms with Crippen LogP contribution in [0.2, 0.25) is 0 Å². The van der Waals surface area contributed by atoms with E-state index >= 15 is 0 Å². The molecule has 0 spiro atoms. The smallest absolute Gasteiger partial charge is 0.205 e. The minimum absolute atomic E-state index is 0.0187. The lowest BCUT2D eigenvalue weighted by Gasteiger charge is -2.18. The second kappa shape index (κ2) is 13.3. The summed E-state index contributed by atoms with van der Waals surface area (Å²) in [4.78, 5) is 10.3. The van der Waals surface area contributed by atoms with Gasteiger partial charge in [0.15, 0.2) is 5.65 Å². The molecule has 44 heavy (non-hydrogen) atoms. The highest BCUT2D eigenvalue weighted by Gasteiger charge is 2.23. The van der Waals surface area contributed by atoms with Crippen molar-refractivity contribution in [3.63, 3.8) is 0 Å². The SMILES string of the molecule is CCCCc1nc2cc(-c3ccc(CO)cc3)c(C(OC)OC)nc2n1Cc1ccc(-c2ccccc2)c(-c2nn[nH]n2)c1. The zero-order valence-electron chi connectivity index (χ0n) is 25.1. The Morgan fingerprint density at radius 2 is 1.59 bits per heavy atom. The fraction of sp³-hybridized carbons (Fsp3) is 0.265. The molecule has 3 aromatic carbocycles. The van der Waals surface area contributed by atoms with Gasteiger partial charge in [-0.15, -0.1) is 10.2 Å². The van der Waals surface area contributed by atoms with Crippen LogP contribution < -0.4 is 0 Å². The van der Waals surface area contributed by atoms with E-state index in [0.717, 1.165) is 75.2 Å². The summed E-state index contributed by atoms with van der Waals surface area (Å²) in [6.45, 7) is 2.71. The molecule has 0 bridgehead atoms. The highest BCUT2D eigenvalue weighted by molar-refractivity contribution is 5.82. The molecule has 0 unspecified atom stereocenters. The fourth-order valence-electron chi connectivity index (χ4n) is 5.52. The molecule has 0 amide bonds. The van der Waals surface area contributed by atoms with Gasteiger partial charge in [0.25, 0.3) is 0 Å². The van der Waals surface area contributed by atoms with Crippen LogP contribution in [-0.4, -0.2) is 54.5 Å². The van der Waals surface area contributed by atoms with Crippen LogP contribution in [0.4, 0.5) is 0 Å². The molecule has 0 saturated heterocycles. The monoisotopic (exact) mass is 589 g/mol. The Morgan fingerprint density at radius 1 is 0.841 bits per heavy atom. The van der Waals surface area contributed by atoms with Crippen LogP contribution >= 0.6 is 0 Å². The number of aromatic nitrogens is 7. The number of fused-ring (bicyclic) bond motifs is 1. The Hall–Kier alpha value is -4.77. The number of H-pyrrole nitrogens is 1. The van der Waals surface area contributed by atoms with Crippen molar-refractivity contribution in [1.29, 1.82) is 0 Å². The summed E-state index contributed by atoms with van der Waals surface area (Å²) < 4.78 is 13.6. The first-order valence-corrected chi connectivity index (χ1v) is 14.7. The van der Waals surface area contributed by atoms with Crippen LogP contribution in [0.15, 0.2) is 78.9 Å². The van der Waals surface area contributed by atoms with Crippen molar-refractivity contribution in [1.82, 2.24) is 35.2 Å². The summed E-state index contributed by atoms with van der Waals surface area (Å²) >= 11 is 0. The molecular formula is C34H35N7O3. The van der Waals surface area contributed by atoms with Gasteiger partial charge in [0.1, 0.15) is 17.0 Å². The first kappa shape index (κ1) is 29.3. The largest absolute Gasteiger partial charge is 0.392 e. The normalized spacial score (nSPS) is 11.6. The van der Waals surface area contributed by atoms with E-state index in [-0.39, 0.29) is 6.61 Å². The van der Waals surface area contributed by atoms with E-state index < -0.39 is 6.29 Å². The number of aromatic amines is 1. The minimum Gasteiger partial charge on any atom is -0.392 e. The predicted octanol–water partition coefficient (Wildman–Crippen LogP) is 6.12. The molecule has 2 N–H and O–H groups in total. The Bertz CT molecular complexity index is 1830. The zero-order valence-corrected chi connectivity index (χ0v) is 25.1. The number of pyridine rings is 1. The highest BCUT2D eigenvalue weighted by Crippen LogP contribution is 2.34. The molecule has 0 fully saturated rings. The van der Waals surface area contributed by atoms with Crippen molar-refractivity contribution in [2.24, 2.45) is 0 Å². The lowest BCUT2D eigenvalue weighted by Crippen LogP contribution is -2.11. The Balaban J connectivity index is 1.49. The van der Waals surface area contributed by atoms with Gasteiger partial charge < -0.3 is 19.1 Å². The number of hydrogen-bond acceptors (Lipinski definition) is 8. The van der Waals surface area contributed by atoms with Crippen LogP contribution in [0, 0.1) is 0 Å². The van der Waals surface area contributed by atoms with E-state index in [1.165, 1.54) is 0 Å². The number of rotatable bonds is 12. The lowest BCUT2D eigenvalue weighted by atomic mass is 9.97. The molecular weight excluding hydrogens is 554 g/mol. The van der Waals surface area contributed by atoms with Crippen LogP contribution in [-0.2, 0) is 29.0 Å². The number of tetrazole rings is 1. The van der Waals surface area contributed by atoms with Gasteiger partial charge in [-0.3, -0.25) is 0 Å². The number of methoxy groups -OCH3 is 2. The summed E-state index contributed by atoms with van der Waals surface area (Å²) in [6, 6.07) is 26.4. The average molecular weight is 590 g/mol. The van der Waals surface area contributed by atoms with Crippen LogP contribution in [0.1, 0.15) is 48.7 Å². The van der Waals surface area contributed by atoms with Crippen molar-refractivity contribution in [2.45, 2.75) is 45.6 Å². The fourth-order valence-corrected chi connectivity index (χ4v) is 5.52. The number of nitrogens with zero attached hydrogens (tertiary/aromatic N) is 6. The molecule has 10 heteroatoms. The van der Waals surface area contributed by atoms with Gasteiger partial charge >= 0.3 is 0 Å². The molecule has 0 aliphatic rings. The molecule has 6 rings (SSSR count). The standard InChI is InChI=1S/C34H35N7O3/c1-4-5-11-30-35-29-19-27(25-15-12-22(21-42)13-16-25)31(34(43-2)44-3)36-33(29)41(30)20-23-14-17-26(24-9-7-6-8-10-24)28(18-23)32-37-39-40-38-32/h6-10,12-19,34,42H,4-5,11,20-21H2,1-3H3,(H,37,38,39,40). The summed E-state index contributed by atoms with van der Waals surface area (Å²) in [6.07, 6.45) is 2.20. The van der Waals surface area contributed by atoms with E-state index in [4.69, 9.17) is 19.4 Å². The van der Waals surface area contributed by atoms with E-state index in [2.05, 4.69) is 68.5 Å². The molecule has 3 aromatic heterocycles. The van der Waals surface area contributed by atoms with Crippen LogP contribution in [0.25, 0.3) is 44.8 Å². The van der Waals surface area contributed by atoms with Gasteiger partial charge in [-0.25, -0.2) is 9.97 Å². The Kier molecular flexibility index (Phi) is 8.83. The number of hydrogen-bond donors (Lipinski definition) is 2. The van der Waals surface area contributed by atoms with E-state index in [1.807, 2.05) is 42.5 Å². The van der Waals surface area contributed by atoms with Crippen LogP contribution in [0.3, 0.4) is 0 Å². The third-order valence-corrected chi connectivity index (χ3v) is 7.78. The van der Waals surface area contributed by atoms with Gasteiger partial charge in [0.05, 0.1) is 13.2 Å². The first-order chi connectivity index (χ1) is 21.6. The maximum atomic E-state index is 9.55. The Labute approximate surface area is 255 Å². The third kappa shape index (κ3) is 5.87. The second-order valence-corrected chi connectivity index (χ2v) is 10.6. The van der Waals surface area contributed by atoms with Crippen molar-refractivity contribution in [3.05, 3.63) is 102 Å². The molecule has 0 saturated carbocycles. The van der Waals surface area contributed by atoms with Crippen molar-refractivity contribution < 1.29 is 14.6 Å². The Morgan fingerprint density at radius 3 is 2.27 bits per heavy atom.